The van der Waals surface area contributed by atoms with Gasteiger partial charge in [-0.2, -0.15) is 0 Å². The minimum Gasteiger partial charge on any atom is -0.316 e. The van der Waals surface area contributed by atoms with Crippen molar-refractivity contribution in [2.24, 2.45) is 5.41 Å². The molecule has 0 spiro atoms. The Morgan fingerprint density at radius 1 is 1.12 bits per heavy atom. The molecule has 2 atom stereocenters. The van der Waals surface area contributed by atoms with Crippen molar-refractivity contribution in [3.05, 3.63) is 71.8 Å². The van der Waals surface area contributed by atoms with Crippen LogP contribution in [0.5, 0.6) is 0 Å². The largest absolute Gasteiger partial charge is 0.316 e. The smallest absolute Gasteiger partial charge is 0.0243 e. The Kier molecular flexibility index (Phi) is 9.08. The summed E-state index contributed by atoms with van der Waals surface area (Å²) in [6.45, 7) is 17.5. The molecule has 1 heteroatoms. The van der Waals surface area contributed by atoms with Gasteiger partial charge in [-0.3, -0.25) is 0 Å². The summed E-state index contributed by atoms with van der Waals surface area (Å²) < 4.78 is 0. The zero-order valence-corrected chi connectivity index (χ0v) is 18.0. The fourth-order valence-electron chi connectivity index (χ4n) is 3.28. The molecule has 1 aromatic carbocycles. The van der Waals surface area contributed by atoms with E-state index >= 15 is 0 Å². The Bertz CT molecular complexity index is 596. The van der Waals surface area contributed by atoms with Gasteiger partial charge in [0.2, 0.25) is 0 Å². The van der Waals surface area contributed by atoms with Crippen molar-refractivity contribution in [2.75, 3.05) is 7.05 Å². The van der Waals surface area contributed by atoms with Gasteiger partial charge in [-0.1, -0.05) is 103 Å². The molecule has 0 aliphatic heterocycles. The van der Waals surface area contributed by atoms with E-state index in [0.717, 1.165) is 12.8 Å². The van der Waals surface area contributed by atoms with E-state index in [-0.39, 0.29) is 5.41 Å². The quantitative estimate of drug-likeness (QED) is 0.471. The Morgan fingerprint density at radius 2 is 1.69 bits per heavy atom. The number of nitrogens with one attached hydrogen (secondary N) is 1. The normalized spacial score (nSPS) is 15.5. The van der Waals surface area contributed by atoms with Crippen molar-refractivity contribution in [2.45, 2.75) is 72.3 Å². The van der Waals surface area contributed by atoms with Crippen molar-refractivity contribution in [1.82, 2.24) is 5.32 Å². The van der Waals surface area contributed by atoms with E-state index in [2.05, 4.69) is 103 Å². The zero-order valence-electron chi connectivity index (χ0n) is 18.0. The molecule has 0 aliphatic rings. The number of benzene rings is 1. The molecule has 0 heterocycles. The SMILES string of the molecule is C=C/C(=C\C=C\C(C)(C)C)C(c1ccc(C(C)C)cc1)C(CCC)NC. The number of rotatable bonds is 9. The van der Waals surface area contributed by atoms with Gasteiger partial charge in [0.05, 0.1) is 0 Å². The highest BCUT2D eigenvalue weighted by molar-refractivity contribution is 5.40. The predicted octanol–water partition coefficient (Wildman–Crippen LogP) is 7.00. The van der Waals surface area contributed by atoms with E-state index in [4.69, 9.17) is 0 Å². The monoisotopic (exact) mass is 353 g/mol. The maximum absolute atomic E-state index is 4.12. The highest BCUT2D eigenvalue weighted by Crippen LogP contribution is 2.32. The van der Waals surface area contributed by atoms with Gasteiger partial charge in [0, 0.05) is 12.0 Å². The van der Waals surface area contributed by atoms with E-state index < -0.39 is 0 Å². The molecule has 0 saturated heterocycles. The number of allylic oxidation sites excluding steroid dienone is 4. The summed E-state index contributed by atoms with van der Waals surface area (Å²) in [7, 11) is 2.07. The highest BCUT2D eigenvalue weighted by atomic mass is 14.9. The average molecular weight is 354 g/mol. The summed E-state index contributed by atoms with van der Waals surface area (Å²) in [5, 5.41) is 3.55. The van der Waals surface area contributed by atoms with E-state index in [1.165, 1.54) is 16.7 Å². The number of hydrogen-bond acceptors (Lipinski definition) is 1. The van der Waals surface area contributed by atoms with Crippen molar-refractivity contribution in [3.63, 3.8) is 0 Å². The summed E-state index contributed by atoms with van der Waals surface area (Å²) in [4.78, 5) is 0. The molecule has 1 nitrogen and oxygen atoms in total. The van der Waals surface area contributed by atoms with Crippen molar-refractivity contribution < 1.29 is 0 Å². The summed E-state index contributed by atoms with van der Waals surface area (Å²) in [5.41, 5.74) is 4.21. The van der Waals surface area contributed by atoms with Gasteiger partial charge in [-0.05, 0) is 41.5 Å². The lowest BCUT2D eigenvalue weighted by atomic mass is 9.81. The van der Waals surface area contributed by atoms with Crippen molar-refractivity contribution >= 4 is 0 Å². The van der Waals surface area contributed by atoms with Crippen LogP contribution in [0.4, 0.5) is 0 Å². The Labute approximate surface area is 162 Å². The summed E-state index contributed by atoms with van der Waals surface area (Å²) in [6, 6.07) is 9.54. The minimum absolute atomic E-state index is 0.184. The van der Waals surface area contributed by atoms with E-state index in [0.29, 0.717) is 17.9 Å². The van der Waals surface area contributed by atoms with Crippen LogP contribution in [0.3, 0.4) is 0 Å². The third-order valence-corrected chi connectivity index (χ3v) is 4.81. The second kappa shape index (κ2) is 10.5. The maximum Gasteiger partial charge on any atom is 0.0243 e. The molecule has 0 amide bonds. The summed E-state index contributed by atoms with van der Waals surface area (Å²) >= 11 is 0. The third kappa shape index (κ3) is 6.96. The molecule has 144 valence electrons. The average Bonchev–Trinajstić information content (AvgIpc) is 2.59. The maximum atomic E-state index is 4.12. The molecule has 0 saturated carbocycles. The first kappa shape index (κ1) is 22.4. The molecule has 1 aromatic rings. The Hall–Kier alpha value is -1.60. The van der Waals surface area contributed by atoms with E-state index in [1.807, 2.05) is 6.08 Å². The zero-order chi connectivity index (χ0) is 19.7. The van der Waals surface area contributed by atoms with Gasteiger partial charge in [-0.25, -0.2) is 0 Å². The Balaban J connectivity index is 3.31. The second-order valence-electron chi connectivity index (χ2n) is 8.58. The van der Waals surface area contributed by atoms with Crippen LogP contribution in [0.25, 0.3) is 0 Å². The fraction of sp³-hybridized carbons (Fsp3) is 0.520. The van der Waals surface area contributed by atoms with E-state index in [1.54, 1.807) is 0 Å². The predicted molar refractivity (Wildman–Crippen MR) is 118 cm³/mol. The first-order chi connectivity index (χ1) is 12.2. The van der Waals surface area contributed by atoms with Gasteiger partial charge >= 0.3 is 0 Å². The molecular formula is C25H39N. The Morgan fingerprint density at radius 3 is 2.12 bits per heavy atom. The first-order valence-corrected chi connectivity index (χ1v) is 10.0. The van der Waals surface area contributed by atoms with Gasteiger partial charge < -0.3 is 5.32 Å². The molecule has 26 heavy (non-hydrogen) atoms. The van der Waals surface area contributed by atoms with Gasteiger partial charge in [-0.15, -0.1) is 0 Å². The van der Waals surface area contributed by atoms with Crippen LogP contribution in [-0.4, -0.2) is 13.1 Å². The highest BCUT2D eigenvalue weighted by Gasteiger charge is 2.23. The summed E-state index contributed by atoms with van der Waals surface area (Å²) in [5.74, 6) is 0.866. The molecule has 1 rings (SSSR count). The molecule has 0 aromatic heterocycles. The van der Waals surface area contributed by atoms with Crippen LogP contribution in [0.2, 0.25) is 0 Å². The van der Waals surface area contributed by atoms with Gasteiger partial charge in [0.1, 0.15) is 0 Å². The van der Waals surface area contributed by atoms with Crippen molar-refractivity contribution in [3.8, 4) is 0 Å². The van der Waals surface area contributed by atoms with E-state index in [9.17, 15) is 0 Å². The third-order valence-electron chi connectivity index (χ3n) is 4.81. The van der Waals surface area contributed by atoms with Crippen LogP contribution in [0.1, 0.15) is 77.3 Å². The van der Waals surface area contributed by atoms with Crippen LogP contribution in [-0.2, 0) is 0 Å². The lowest BCUT2D eigenvalue weighted by Crippen LogP contribution is -2.33. The second-order valence-corrected chi connectivity index (χ2v) is 8.58. The molecule has 2 unspecified atom stereocenters. The molecule has 0 bridgehead atoms. The number of hydrogen-bond donors (Lipinski definition) is 1. The van der Waals surface area contributed by atoms with Crippen LogP contribution in [0.15, 0.2) is 60.7 Å². The molecular weight excluding hydrogens is 314 g/mol. The van der Waals surface area contributed by atoms with Crippen molar-refractivity contribution in [1.29, 1.82) is 0 Å². The molecule has 1 N–H and O–H groups in total. The molecule has 0 aliphatic carbocycles. The van der Waals surface area contributed by atoms with Crippen LogP contribution >= 0.6 is 0 Å². The fourth-order valence-corrected chi connectivity index (χ4v) is 3.28. The lowest BCUT2D eigenvalue weighted by molar-refractivity contribution is 0.468. The van der Waals surface area contributed by atoms with Crippen LogP contribution < -0.4 is 5.32 Å². The standard InChI is InChI=1S/C25H39N/c1-9-12-23(26-8)24(20(10-2)13-11-18-25(5,6)7)22-16-14-21(15-17-22)19(3)4/h10-11,13-19,23-24,26H,2,9,12H2,1,3-8H3/b18-11+,20-13+. The topological polar surface area (TPSA) is 12.0 Å². The lowest BCUT2D eigenvalue weighted by Gasteiger charge is -2.29. The van der Waals surface area contributed by atoms with Gasteiger partial charge in [0.25, 0.3) is 0 Å². The van der Waals surface area contributed by atoms with Crippen LogP contribution in [0, 0.1) is 5.41 Å². The molecule has 0 radical (unpaired) electrons. The van der Waals surface area contributed by atoms with Gasteiger partial charge in [0.15, 0.2) is 0 Å². The minimum atomic E-state index is 0.184. The summed E-state index contributed by atoms with van der Waals surface area (Å²) in [6.07, 6.45) is 11.0. The number of likely N-dealkylation sites (N-methyl/N-ethyl adjacent to an activating group) is 1. The first-order valence-electron chi connectivity index (χ1n) is 10.0. The molecule has 0 fully saturated rings.